The Balaban J connectivity index is 2.25. The summed E-state index contributed by atoms with van der Waals surface area (Å²) in [6.45, 7) is 0. The highest BCUT2D eigenvalue weighted by atomic mass is 32.1. The largest absolute Gasteiger partial charge is 0.382 e. The minimum absolute atomic E-state index is 0.304. The lowest BCUT2D eigenvalue weighted by atomic mass is 10.1. The molecule has 0 saturated carbocycles. The molecule has 0 aliphatic heterocycles. The van der Waals surface area contributed by atoms with Crippen LogP contribution in [-0.2, 0) is 0 Å². The lowest BCUT2D eigenvalue weighted by molar-refractivity contribution is 0.628. The van der Waals surface area contributed by atoms with Gasteiger partial charge in [-0.2, -0.15) is 9.61 Å². The summed E-state index contributed by atoms with van der Waals surface area (Å²) in [5.74, 6) is 0.128. The Hall–Kier alpha value is -1.95. The van der Waals surface area contributed by atoms with Crippen molar-refractivity contribution in [2.24, 2.45) is 0 Å². The van der Waals surface area contributed by atoms with E-state index in [4.69, 9.17) is 5.73 Å². The van der Waals surface area contributed by atoms with E-state index < -0.39 is 0 Å². The number of fused-ring (bicyclic) bond motifs is 1. The second kappa shape index (κ2) is 3.28. The van der Waals surface area contributed by atoms with E-state index in [2.05, 4.69) is 10.1 Å². The Morgan fingerprint density at radius 1 is 1.38 bits per heavy atom. The highest BCUT2D eigenvalue weighted by Gasteiger charge is 2.13. The summed E-state index contributed by atoms with van der Waals surface area (Å²) in [5.41, 5.74) is 8.78. The van der Waals surface area contributed by atoms with Gasteiger partial charge in [0.25, 0.3) is 0 Å². The van der Waals surface area contributed by atoms with E-state index in [1.165, 1.54) is 23.5 Å². The first-order valence-corrected chi connectivity index (χ1v) is 5.47. The van der Waals surface area contributed by atoms with Crippen LogP contribution in [0.5, 0.6) is 0 Å². The standard InChI is InChI=1S/C10H7FN4S/c11-7-3-1-2-6(4-7)8-9(12)15-10(14-8)16-5-13-15/h1-5H,12H2. The Kier molecular flexibility index (Phi) is 1.90. The first-order valence-electron chi connectivity index (χ1n) is 4.59. The fourth-order valence-corrected chi connectivity index (χ4v) is 2.18. The van der Waals surface area contributed by atoms with E-state index in [0.29, 0.717) is 22.0 Å². The SMILES string of the molecule is Nc1c(-c2cccc(F)c2)nc2scnn12. The molecule has 0 amide bonds. The van der Waals surface area contributed by atoms with Gasteiger partial charge in [0.1, 0.15) is 17.0 Å². The predicted molar refractivity (Wildman–Crippen MR) is 60.7 cm³/mol. The Labute approximate surface area is 94.2 Å². The fraction of sp³-hybridized carbons (Fsp3) is 0. The number of aromatic nitrogens is 3. The first-order chi connectivity index (χ1) is 7.75. The minimum Gasteiger partial charge on any atom is -0.382 e. The van der Waals surface area contributed by atoms with Crippen LogP contribution in [0.4, 0.5) is 10.2 Å². The van der Waals surface area contributed by atoms with Crippen molar-refractivity contribution < 1.29 is 4.39 Å². The second-order valence-electron chi connectivity index (χ2n) is 3.29. The quantitative estimate of drug-likeness (QED) is 0.702. The van der Waals surface area contributed by atoms with Gasteiger partial charge in [-0.1, -0.05) is 23.5 Å². The smallest absolute Gasteiger partial charge is 0.214 e. The zero-order valence-electron chi connectivity index (χ0n) is 8.09. The highest BCUT2D eigenvalue weighted by molar-refractivity contribution is 7.14. The van der Waals surface area contributed by atoms with Crippen molar-refractivity contribution in [3.63, 3.8) is 0 Å². The van der Waals surface area contributed by atoms with Crippen molar-refractivity contribution in [1.82, 2.24) is 14.6 Å². The van der Waals surface area contributed by atoms with Crippen LogP contribution in [0.25, 0.3) is 16.2 Å². The predicted octanol–water partition coefficient (Wildman–Crippen LogP) is 2.18. The van der Waals surface area contributed by atoms with Crippen molar-refractivity contribution in [2.75, 3.05) is 5.73 Å². The third-order valence-corrected chi connectivity index (χ3v) is 2.95. The van der Waals surface area contributed by atoms with Crippen LogP contribution >= 0.6 is 11.3 Å². The first kappa shape index (κ1) is 9.29. The maximum absolute atomic E-state index is 13.1. The van der Waals surface area contributed by atoms with E-state index in [0.717, 1.165) is 0 Å². The number of rotatable bonds is 1. The van der Waals surface area contributed by atoms with Gasteiger partial charge < -0.3 is 5.73 Å². The number of hydrogen-bond donors (Lipinski definition) is 1. The summed E-state index contributed by atoms with van der Waals surface area (Å²) < 4.78 is 14.6. The molecule has 0 bridgehead atoms. The van der Waals surface area contributed by atoms with Crippen LogP contribution < -0.4 is 5.73 Å². The van der Waals surface area contributed by atoms with Crippen LogP contribution in [0.3, 0.4) is 0 Å². The molecule has 0 saturated heterocycles. The molecule has 0 unspecified atom stereocenters. The van der Waals surface area contributed by atoms with Crippen LogP contribution in [0, 0.1) is 5.82 Å². The highest BCUT2D eigenvalue weighted by Crippen LogP contribution is 2.27. The number of imidazole rings is 1. The van der Waals surface area contributed by atoms with Crippen molar-refractivity contribution in [3.8, 4) is 11.3 Å². The topological polar surface area (TPSA) is 56.2 Å². The molecule has 2 N–H and O–H groups in total. The summed E-state index contributed by atoms with van der Waals surface area (Å²) in [6, 6.07) is 6.19. The molecular formula is C10H7FN4S. The number of anilines is 1. The summed E-state index contributed by atoms with van der Waals surface area (Å²) in [6.07, 6.45) is 0. The third-order valence-electron chi connectivity index (χ3n) is 2.28. The molecule has 3 aromatic rings. The van der Waals surface area contributed by atoms with Gasteiger partial charge in [0.15, 0.2) is 5.82 Å². The lowest BCUT2D eigenvalue weighted by Crippen LogP contribution is -1.94. The van der Waals surface area contributed by atoms with Crippen molar-refractivity contribution >= 4 is 22.1 Å². The van der Waals surface area contributed by atoms with Crippen molar-refractivity contribution in [3.05, 3.63) is 35.6 Å². The molecule has 0 radical (unpaired) electrons. The average Bonchev–Trinajstić information content (AvgIpc) is 2.82. The zero-order valence-corrected chi connectivity index (χ0v) is 8.91. The van der Waals surface area contributed by atoms with E-state index in [9.17, 15) is 4.39 Å². The summed E-state index contributed by atoms with van der Waals surface area (Å²) in [5, 5.41) is 4.04. The van der Waals surface area contributed by atoms with E-state index in [1.807, 2.05) is 0 Å². The van der Waals surface area contributed by atoms with Crippen molar-refractivity contribution in [1.29, 1.82) is 0 Å². The van der Waals surface area contributed by atoms with Gasteiger partial charge in [0.05, 0.1) is 0 Å². The Bertz CT molecular complexity index is 658. The Morgan fingerprint density at radius 3 is 3.00 bits per heavy atom. The molecule has 0 aliphatic rings. The molecule has 0 atom stereocenters. The zero-order chi connectivity index (χ0) is 11.1. The molecule has 6 heteroatoms. The summed E-state index contributed by atoms with van der Waals surface area (Å²) in [4.78, 5) is 5.02. The number of nitrogen functional groups attached to an aromatic ring is 1. The number of halogens is 1. The monoisotopic (exact) mass is 234 g/mol. The molecule has 0 fully saturated rings. The van der Waals surface area contributed by atoms with Crippen LogP contribution in [-0.4, -0.2) is 14.6 Å². The molecule has 1 aromatic carbocycles. The molecule has 80 valence electrons. The van der Waals surface area contributed by atoms with Gasteiger partial charge in [-0.05, 0) is 12.1 Å². The van der Waals surface area contributed by atoms with Gasteiger partial charge in [0.2, 0.25) is 4.96 Å². The molecule has 0 aliphatic carbocycles. The maximum Gasteiger partial charge on any atom is 0.214 e. The van der Waals surface area contributed by atoms with Gasteiger partial charge in [0, 0.05) is 5.56 Å². The lowest BCUT2D eigenvalue weighted by Gasteiger charge is -1.98. The maximum atomic E-state index is 13.1. The number of benzene rings is 1. The fourth-order valence-electron chi connectivity index (χ4n) is 1.56. The van der Waals surface area contributed by atoms with Crippen LogP contribution in [0.2, 0.25) is 0 Å². The van der Waals surface area contributed by atoms with Gasteiger partial charge >= 0.3 is 0 Å². The molecule has 2 aromatic heterocycles. The minimum atomic E-state index is -0.304. The second-order valence-corrected chi connectivity index (χ2v) is 4.10. The van der Waals surface area contributed by atoms with Crippen LogP contribution in [0.1, 0.15) is 0 Å². The molecule has 4 nitrogen and oxygen atoms in total. The third kappa shape index (κ3) is 1.27. The van der Waals surface area contributed by atoms with E-state index in [-0.39, 0.29) is 5.82 Å². The number of nitrogens with two attached hydrogens (primary N) is 1. The van der Waals surface area contributed by atoms with E-state index in [1.54, 1.807) is 22.2 Å². The van der Waals surface area contributed by atoms with Crippen molar-refractivity contribution in [2.45, 2.75) is 0 Å². The molecule has 16 heavy (non-hydrogen) atoms. The molecule has 0 spiro atoms. The summed E-state index contributed by atoms with van der Waals surface area (Å²) in [7, 11) is 0. The van der Waals surface area contributed by atoms with Gasteiger partial charge in [-0.3, -0.25) is 0 Å². The number of nitrogens with zero attached hydrogens (tertiary/aromatic N) is 3. The van der Waals surface area contributed by atoms with E-state index >= 15 is 0 Å². The van der Waals surface area contributed by atoms with Crippen LogP contribution in [0.15, 0.2) is 29.8 Å². The normalized spacial score (nSPS) is 11.1. The van der Waals surface area contributed by atoms with Gasteiger partial charge in [-0.25, -0.2) is 9.37 Å². The molecular weight excluding hydrogens is 227 g/mol. The average molecular weight is 234 g/mol. The molecule has 2 heterocycles. The number of hydrogen-bond acceptors (Lipinski definition) is 4. The van der Waals surface area contributed by atoms with Gasteiger partial charge in [-0.15, -0.1) is 0 Å². The summed E-state index contributed by atoms with van der Waals surface area (Å²) >= 11 is 1.39. The Morgan fingerprint density at radius 2 is 2.25 bits per heavy atom. The molecule has 3 rings (SSSR count).